The van der Waals surface area contributed by atoms with Crippen molar-refractivity contribution in [2.24, 2.45) is 23.2 Å². The molecule has 4 bridgehead atoms. The quantitative estimate of drug-likeness (QED) is 0.159. The van der Waals surface area contributed by atoms with Gasteiger partial charge in [0.05, 0.1) is 16.8 Å². The van der Waals surface area contributed by atoms with E-state index in [4.69, 9.17) is 14.5 Å². The predicted molar refractivity (Wildman–Crippen MR) is 210 cm³/mol. The van der Waals surface area contributed by atoms with Crippen LogP contribution in [0.1, 0.15) is 91.3 Å². The number of fused-ring (bicyclic) bond motifs is 2. The Morgan fingerprint density at radius 3 is 2.42 bits per heavy atom. The first kappa shape index (κ1) is 34.0. The highest BCUT2D eigenvalue weighted by Gasteiger charge is 2.51. The van der Waals surface area contributed by atoms with Crippen LogP contribution in [0, 0.1) is 23.2 Å². The van der Waals surface area contributed by atoms with Crippen LogP contribution in [0.5, 0.6) is 5.75 Å². The van der Waals surface area contributed by atoms with Crippen LogP contribution in [0.2, 0.25) is 0 Å². The van der Waals surface area contributed by atoms with Gasteiger partial charge in [-0.3, -0.25) is 10.1 Å². The molecule has 1 aliphatic heterocycles. The number of anilines is 2. The summed E-state index contributed by atoms with van der Waals surface area (Å²) >= 11 is 1.46. The van der Waals surface area contributed by atoms with Gasteiger partial charge < -0.3 is 14.4 Å². The summed E-state index contributed by atoms with van der Waals surface area (Å²) in [6, 6.07) is 25.8. The van der Waals surface area contributed by atoms with Crippen molar-refractivity contribution in [1.82, 2.24) is 9.97 Å². The van der Waals surface area contributed by atoms with E-state index < -0.39 is 11.6 Å². The molecule has 0 saturated heterocycles. The highest BCUT2D eigenvalue weighted by molar-refractivity contribution is 7.22. The Bertz CT molecular complexity index is 2150. The Balaban J connectivity index is 0.977. The fourth-order valence-electron chi connectivity index (χ4n) is 9.88. The number of rotatable bonds is 8. The minimum absolute atomic E-state index is 0.189. The van der Waals surface area contributed by atoms with Crippen LogP contribution in [0.4, 0.5) is 10.9 Å². The van der Waals surface area contributed by atoms with Crippen LogP contribution in [0.3, 0.4) is 0 Å². The van der Waals surface area contributed by atoms with Crippen molar-refractivity contribution in [1.29, 1.82) is 0 Å². The molecule has 3 aromatic carbocycles. The molecule has 1 N–H and O–H groups in total. The summed E-state index contributed by atoms with van der Waals surface area (Å²) in [6.45, 7) is 7.55. The Labute approximate surface area is 314 Å². The standard InChI is InChI=1S/C44H46N4O4S/c1-43(2,3)52-41(50)39-33(31-9-6-10-32(21-31)51-26-44-22-27-18-28(23-44)20-29(19-27)24-44)14-15-38(46-39)48-17-16-30-8-7-11-34(35(30)25-48)40(49)47-42-45-36-12-4-5-13-37(36)53-42/h4-15,21,27-29H,16-20,22-26H2,1-3H3,(H,45,47,49). The number of thiazole rings is 1. The van der Waals surface area contributed by atoms with Crippen LogP contribution in [0.25, 0.3) is 21.3 Å². The molecule has 1 amide bonds. The van der Waals surface area contributed by atoms with Crippen molar-refractivity contribution in [2.75, 3.05) is 23.4 Å². The first-order valence-corrected chi connectivity index (χ1v) is 19.9. The molecule has 5 aliphatic rings. The SMILES string of the molecule is CC(C)(C)OC(=O)c1nc(N2CCc3cccc(C(=O)Nc4nc5ccccc5s4)c3C2)ccc1-c1cccc(OCC23CC4CC(CC(C4)C2)C3)c1. The first-order chi connectivity index (χ1) is 25.6. The summed E-state index contributed by atoms with van der Waals surface area (Å²) in [5, 5.41) is 3.60. The summed E-state index contributed by atoms with van der Waals surface area (Å²) in [7, 11) is 0. The third kappa shape index (κ3) is 6.92. The average Bonchev–Trinajstić information content (AvgIpc) is 3.54. The molecule has 4 saturated carbocycles. The van der Waals surface area contributed by atoms with Gasteiger partial charge in [-0.15, -0.1) is 0 Å². The maximum atomic E-state index is 13.8. The van der Waals surface area contributed by atoms with Crippen molar-refractivity contribution >= 4 is 44.4 Å². The molecule has 0 radical (unpaired) electrons. The normalized spacial score (nSPS) is 23.2. The number of amides is 1. The third-order valence-electron chi connectivity index (χ3n) is 11.7. The maximum Gasteiger partial charge on any atom is 0.358 e. The molecule has 8 nitrogen and oxygen atoms in total. The van der Waals surface area contributed by atoms with Crippen LogP contribution >= 0.6 is 11.3 Å². The molecule has 3 heterocycles. The van der Waals surface area contributed by atoms with Gasteiger partial charge in [0.25, 0.3) is 5.91 Å². The molecule has 272 valence electrons. The molecule has 9 heteroatoms. The molecule has 0 spiro atoms. The number of nitrogens with one attached hydrogen (secondary N) is 1. The van der Waals surface area contributed by atoms with E-state index in [1.165, 1.54) is 49.9 Å². The zero-order valence-corrected chi connectivity index (χ0v) is 31.5. The van der Waals surface area contributed by atoms with Gasteiger partial charge in [0.15, 0.2) is 10.8 Å². The number of esters is 1. The number of benzene rings is 3. The number of hydrogen-bond donors (Lipinski definition) is 1. The highest BCUT2D eigenvalue weighted by atomic mass is 32.1. The number of nitrogens with zero attached hydrogens (tertiary/aromatic N) is 3. The Kier molecular flexibility index (Phi) is 8.52. The van der Waals surface area contributed by atoms with Gasteiger partial charge in [-0.25, -0.2) is 14.8 Å². The second-order valence-electron chi connectivity index (χ2n) is 16.9. The van der Waals surface area contributed by atoms with Gasteiger partial charge >= 0.3 is 5.97 Å². The highest BCUT2D eigenvalue weighted by Crippen LogP contribution is 2.60. The number of pyridine rings is 1. The van der Waals surface area contributed by atoms with Gasteiger partial charge in [-0.2, -0.15) is 0 Å². The Morgan fingerprint density at radius 1 is 0.906 bits per heavy atom. The van der Waals surface area contributed by atoms with Gasteiger partial charge in [0.1, 0.15) is 17.2 Å². The molecule has 4 fully saturated rings. The first-order valence-electron chi connectivity index (χ1n) is 19.1. The lowest BCUT2D eigenvalue weighted by Crippen LogP contribution is -2.48. The number of carbonyl (C=O) groups is 2. The number of ether oxygens (including phenoxy) is 2. The van der Waals surface area contributed by atoms with E-state index in [9.17, 15) is 9.59 Å². The number of hydrogen-bond acceptors (Lipinski definition) is 8. The largest absolute Gasteiger partial charge is 0.493 e. The summed E-state index contributed by atoms with van der Waals surface area (Å²) in [5.41, 5.74) is 5.01. The van der Waals surface area contributed by atoms with E-state index in [2.05, 4.69) is 21.3 Å². The van der Waals surface area contributed by atoms with E-state index in [1.807, 2.05) is 93.6 Å². The van der Waals surface area contributed by atoms with Gasteiger partial charge in [-0.1, -0.05) is 47.7 Å². The van der Waals surface area contributed by atoms with E-state index in [1.54, 1.807) is 0 Å². The number of para-hydroxylation sites is 1. The minimum atomic E-state index is -0.690. The van der Waals surface area contributed by atoms with E-state index in [0.717, 1.165) is 63.4 Å². The lowest BCUT2D eigenvalue weighted by molar-refractivity contribution is -0.0745. The smallest absolute Gasteiger partial charge is 0.358 e. The zero-order chi connectivity index (χ0) is 36.3. The lowest BCUT2D eigenvalue weighted by atomic mass is 9.50. The summed E-state index contributed by atoms with van der Waals surface area (Å²) in [4.78, 5) is 39.3. The topological polar surface area (TPSA) is 93.7 Å². The molecule has 2 aromatic heterocycles. The predicted octanol–water partition coefficient (Wildman–Crippen LogP) is 9.72. The molecule has 0 atom stereocenters. The fourth-order valence-corrected chi connectivity index (χ4v) is 10.7. The number of aromatic nitrogens is 2. The monoisotopic (exact) mass is 726 g/mol. The molecule has 53 heavy (non-hydrogen) atoms. The van der Waals surface area contributed by atoms with Crippen LogP contribution < -0.4 is 15.0 Å². The second kappa shape index (κ2) is 13.3. The van der Waals surface area contributed by atoms with Crippen molar-refractivity contribution in [3.63, 3.8) is 0 Å². The molecule has 5 aromatic rings. The van der Waals surface area contributed by atoms with Gasteiger partial charge in [0, 0.05) is 29.6 Å². The molecule has 4 aliphatic carbocycles. The van der Waals surface area contributed by atoms with Crippen molar-refractivity contribution < 1.29 is 19.1 Å². The maximum absolute atomic E-state index is 13.8. The molecule has 0 unspecified atom stereocenters. The van der Waals surface area contributed by atoms with Crippen LogP contribution in [-0.4, -0.2) is 40.6 Å². The van der Waals surface area contributed by atoms with E-state index >= 15 is 0 Å². The van der Waals surface area contributed by atoms with E-state index in [0.29, 0.717) is 40.6 Å². The minimum Gasteiger partial charge on any atom is -0.493 e. The van der Waals surface area contributed by atoms with Crippen molar-refractivity contribution in [3.8, 4) is 16.9 Å². The molecular weight excluding hydrogens is 681 g/mol. The summed E-state index contributed by atoms with van der Waals surface area (Å²) in [6.07, 6.45) is 8.87. The molecular formula is C44H46N4O4S. The molecule has 10 rings (SSSR count). The summed E-state index contributed by atoms with van der Waals surface area (Å²) < 4.78 is 13.5. The third-order valence-corrected chi connectivity index (χ3v) is 12.6. The lowest BCUT2D eigenvalue weighted by Gasteiger charge is -2.56. The summed E-state index contributed by atoms with van der Waals surface area (Å²) in [5.74, 6) is 3.45. The number of carbonyl (C=O) groups excluding carboxylic acids is 2. The van der Waals surface area contributed by atoms with Crippen molar-refractivity contribution in [3.05, 3.63) is 101 Å². The average molecular weight is 727 g/mol. The van der Waals surface area contributed by atoms with Gasteiger partial charge in [0.2, 0.25) is 0 Å². The van der Waals surface area contributed by atoms with Crippen LogP contribution in [0.15, 0.2) is 78.9 Å². The zero-order valence-electron chi connectivity index (χ0n) is 30.7. The van der Waals surface area contributed by atoms with E-state index in [-0.39, 0.29) is 11.6 Å². The Morgan fingerprint density at radius 2 is 1.66 bits per heavy atom. The fraction of sp³-hybridized carbons (Fsp3) is 0.409. The van der Waals surface area contributed by atoms with Gasteiger partial charge in [-0.05, 0) is 143 Å². The Hall–Kier alpha value is -4.76. The van der Waals surface area contributed by atoms with Crippen LogP contribution in [-0.2, 0) is 17.7 Å². The second-order valence-corrected chi connectivity index (χ2v) is 17.9. The van der Waals surface area contributed by atoms with Crippen molar-refractivity contribution in [2.45, 2.75) is 77.9 Å².